The number of carbonyl (C=O) groups is 1. The van der Waals surface area contributed by atoms with Gasteiger partial charge in [0.1, 0.15) is 5.82 Å². The largest absolute Gasteiger partial charge is 0.373 e. The SMILES string of the molecule is CNc1ccc(-c2cc(-n3ccccc3=O)ccc2-n2cc(CCC(=O)c3ccc(Cl)s3)nn2)cn1. The summed E-state index contributed by atoms with van der Waals surface area (Å²) in [6.07, 6.45) is 6.09. The third kappa shape index (κ3) is 4.98. The second-order valence-corrected chi connectivity index (χ2v) is 9.69. The zero-order chi connectivity index (χ0) is 25.1. The molecule has 0 aliphatic carbocycles. The molecule has 0 saturated heterocycles. The standard InChI is InChI=1S/C26H21ClN6O2S/c1-28-25-12-5-17(15-29-25)20-14-19(32-13-3-2-4-26(32)35)7-8-21(20)33-16-18(30-31-33)6-9-22(34)23-10-11-24(27)36-23/h2-5,7-8,10-16H,6,9H2,1H3,(H,28,29). The molecule has 0 amide bonds. The minimum absolute atomic E-state index is 0.0236. The van der Waals surface area contributed by atoms with Crippen LogP contribution in [-0.4, -0.2) is 37.4 Å². The number of pyridine rings is 2. The Morgan fingerprint density at radius 3 is 2.72 bits per heavy atom. The van der Waals surface area contributed by atoms with Crippen LogP contribution in [0, 0.1) is 0 Å². The van der Waals surface area contributed by atoms with Crippen LogP contribution < -0.4 is 10.9 Å². The van der Waals surface area contributed by atoms with E-state index in [2.05, 4.69) is 20.6 Å². The first-order valence-corrected chi connectivity index (χ1v) is 12.4. The second-order valence-electron chi connectivity index (χ2n) is 7.97. The lowest BCUT2D eigenvalue weighted by Gasteiger charge is -2.13. The molecule has 0 saturated carbocycles. The highest BCUT2D eigenvalue weighted by atomic mass is 35.5. The van der Waals surface area contributed by atoms with Gasteiger partial charge >= 0.3 is 0 Å². The summed E-state index contributed by atoms with van der Waals surface area (Å²) in [7, 11) is 1.81. The number of ketones is 1. The molecule has 1 N–H and O–H groups in total. The van der Waals surface area contributed by atoms with Crippen LogP contribution in [0.3, 0.4) is 0 Å². The van der Waals surface area contributed by atoms with E-state index in [0.717, 1.165) is 28.3 Å². The molecule has 0 unspecified atom stereocenters. The van der Waals surface area contributed by atoms with E-state index >= 15 is 0 Å². The molecule has 8 nitrogen and oxygen atoms in total. The van der Waals surface area contributed by atoms with E-state index in [1.807, 2.05) is 49.6 Å². The molecule has 0 atom stereocenters. The molecule has 0 aliphatic heterocycles. The molecular weight excluding hydrogens is 496 g/mol. The van der Waals surface area contributed by atoms with E-state index in [0.29, 0.717) is 27.7 Å². The number of nitrogens with zero attached hydrogens (tertiary/aromatic N) is 5. The quantitative estimate of drug-likeness (QED) is 0.290. The van der Waals surface area contributed by atoms with Crippen molar-refractivity contribution in [1.29, 1.82) is 0 Å². The van der Waals surface area contributed by atoms with Crippen LogP contribution in [0.15, 0.2) is 84.0 Å². The van der Waals surface area contributed by atoms with Crippen molar-refractivity contribution in [3.05, 3.63) is 105 Å². The Labute approximate surface area is 215 Å². The monoisotopic (exact) mass is 516 g/mol. The van der Waals surface area contributed by atoms with E-state index in [9.17, 15) is 9.59 Å². The summed E-state index contributed by atoms with van der Waals surface area (Å²) in [4.78, 5) is 30.0. The number of hydrogen-bond donors (Lipinski definition) is 1. The van der Waals surface area contributed by atoms with Crippen LogP contribution >= 0.6 is 22.9 Å². The van der Waals surface area contributed by atoms with Crippen LogP contribution in [-0.2, 0) is 6.42 Å². The summed E-state index contributed by atoms with van der Waals surface area (Å²) in [6, 6.07) is 18.0. The highest BCUT2D eigenvalue weighted by molar-refractivity contribution is 7.18. The zero-order valence-corrected chi connectivity index (χ0v) is 20.8. The predicted molar refractivity (Wildman–Crippen MR) is 142 cm³/mol. The molecule has 0 fully saturated rings. The number of anilines is 1. The number of aryl methyl sites for hydroxylation is 1. The summed E-state index contributed by atoms with van der Waals surface area (Å²) in [5, 5.41) is 11.6. The Morgan fingerprint density at radius 2 is 2.00 bits per heavy atom. The molecule has 0 bridgehead atoms. The van der Waals surface area contributed by atoms with Gasteiger partial charge < -0.3 is 5.32 Å². The fourth-order valence-electron chi connectivity index (χ4n) is 3.81. The van der Waals surface area contributed by atoms with Gasteiger partial charge in [0.05, 0.1) is 26.8 Å². The van der Waals surface area contributed by atoms with Crippen molar-refractivity contribution in [3.63, 3.8) is 0 Å². The Bertz CT molecular complexity index is 1590. The van der Waals surface area contributed by atoms with Gasteiger partial charge in [-0.05, 0) is 48.5 Å². The van der Waals surface area contributed by atoms with Gasteiger partial charge in [-0.3, -0.25) is 14.2 Å². The van der Waals surface area contributed by atoms with Gasteiger partial charge in [0.25, 0.3) is 5.56 Å². The molecule has 1 aromatic carbocycles. The maximum Gasteiger partial charge on any atom is 0.255 e. The number of benzene rings is 1. The van der Waals surface area contributed by atoms with Crippen molar-refractivity contribution >= 4 is 34.5 Å². The molecule has 4 aromatic heterocycles. The molecule has 36 heavy (non-hydrogen) atoms. The second kappa shape index (κ2) is 10.3. The lowest BCUT2D eigenvalue weighted by Crippen LogP contribution is -2.15. The Kier molecular flexibility index (Phi) is 6.75. The summed E-state index contributed by atoms with van der Waals surface area (Å²) in [6.45, 7) is 0. The first-order chi connectivity index (χ1) is 17.5. The number of hydrogen-bond acceptors (Lipinski definition) is 7. The van der Waals surface area contributed by atoms with Crippen LogP contribution in [0.5, 0.6) is 0 Å². The first-order valence-electron chi connectivity index (χ1n) is 11.2. The third-order valence-corrected chi connectivity index (χ3v) is 6.93. The van der Waals surface area contributed by atoms with Crippen LogP contribution in [0.2, 0.25) is 4.34 Å². The molecule has 4 heterocycles. The number of nitrogens with one attached hydrogen (secondary N) is 1. The third-order valence-electron chi connectivity index (χ3n) is 5.66. The molecule has 0 spiro atoms. The maximum atomic E-state index is 12.5. The highest BCUT2D eigenvalue weighted by Gasteiger charge is 2.14. The van der Waals surface area contributed by atoms with Crippen molar-refractivity contribution in [3.8, 4) is 22.5 Å². The molecule has 0 aliphatic rings. The number of aromatic nitrogens is 5. The molecular formula is C26H21ClN6O2S. The Morgan fingerprint density at radius 1 is 1.11 bits per heavy atom. The van der Waals surface area contributed by atoms with E-state index in [-0.39, 0.29) is 11.3 Å². The lowest BCUT2D eigenvalue weighted by molar-refractivity contribution is 0.0986. The van der Waals surface area contributed by atoms with Gasteiger partial charge in [0, 0.05) is 55.2 Å². The summed E-state index contributed by atoms with van der Waals surface area (Å²) in [5.41, 5.74) is 3.76. The molecule has 0 radical (unpaired) electrons. The number of carbonyl (C=O) groups excluding carboxylic acids is 1. The van der Waals surface area contributed by atoms with Crippen molar-refractivity contribution in [2.75, 3.05) is 12.4 Å². The smallest absolute Gasteiger partial charge is 0.255 e. The summed E-state index contributed by atoms with van der Waals surface area (Å²) < 4.78 is 3.86. The van der Waals surface area contributed by atoms with Crippen LogP contribution in [0.25, 0.3) is 22.5 Å². The van der Waals surface area contributed by atoms with Crippen molar-refractivity contribution in [1.82, 2.24) is 24.5 Å². The first kappa shape index (κ1) is 23.7. The average Bonchev–Trinajstić information content (AvgIpc) is 3.56. The summed E-state index contributed by atoms with van der Waals surface area (Å²) >= 11 is 7.22. The molecule has 5 rings (SSSR count). The van der Waals surface area contributed by atoms with Gasteiger partial charge in [0.2, 0.25) is 0 Å². The van der Waals surface area contributed by atoms with Gasteiger partial charge in [-0.2, -0.15) is 0 Å². The van der Waals surface area contributed by atoms with Crippen molar-refractivity contribution < 1.29 is 4.79 Å². The fraction of sp³-hybridized carbons (Fsp3) is 0.115. The zero-order valence-electron chi connectivity index (χ0n) is 19.3. The van der Waals surface area contributed by atoms with E-state index in [4.69, 9.17) is 11.6 Å². The highest BCUT2D eigenvalue weighted by Crippen LogP contribution is 2.29. The topological polar surface area (TPSA) is 94.7 Å². The number of halogens is 1. The molecule has 10 heteroatoms. The Hall–Kier alpha value is -4.08. The van der Waals surface area contributed by atoms with Crippen molar-refractivity contribution in [2.24, 2.45) is 0 Å². The predicted octanol–water partition coefficient (Wildman–Crippen LogP) is 5.05. The number of Topliss-reactive ketones (excluding diaryl/α,β-unsaturated/α-hetero) is 1. The summed E-state index contributed by atoms with van der Waals surface area (Å²) in [5.74, 6) is 0.769. The van der Waals surface area contributed by atoms with E-state index in [1.165, 1.54) is 17.4 Å². The number of rotatable bonds is 8. The van der Waals surface area contributed by atoms with Crippen molar-refractivity contribution in [2.45, 2.75) is 12.8 Å². The maximum absolute atomic E-state index is 12.5. The fourth-order valence-corrected chi connectivity index (χ4v) is 4.82. The molecule has 180 valence electrons. The normalized spacial score (nSPS) is 10.9. The van der Waals surface area contributed by atoms with Crippen LogP contribution in [0.4, 0.5) is 5.82 Å². The van der Waals surface area contributed by atoms with Gasteiger partial charge in [-0.25, -0.2) is 9.67 Å². The lowest BCUT2D eigenvalue weighted by atomic mass is 10.0. The Balaban J connectivity index is 1.48. The molecule has 5 aromatic rings. The minimum atomic E-state index is -0.125. The van der Waals surface area contributed by atoms with Gasteiger partial charge in [-0.1, -0.05) is 22.9 Å². The van der Waals surface area contributed by atoms with Crippen LogP contribution in [0.1, 0.15) is 21.8 Å². The minimum Gasteiger partial charge on any atom is -0.373 e. The van der Waals surface area contributed by atoms with E-state index < -0.39 is 0 Å². The van der Waals surface area contributed by atoms with Gasteiger partial charge in [0.15, 0.2) is 5.78 Å². The average molecular weight is 517 g/mol. The number of thiophene rings is 1. The van der Waals surface area contributed by atoms with Gasteiger partial charge in [-0.15, -0.1) is 16.4 Å². The van der Waals surface area contributed by atoms with E-state index in [1.54, 1.807) is 39.8 Å².